The van der Waals surface area contributed by atoms with Gasteiger partial charge in [-0.2, -0.15) is 0 Å². The molecule has 0 bridgehead atoms. The summed E-state index contributed by atoms with van der Waals surface area (Å²) in [6.07, 6.45) is 1.07. The van der Waals surface area contributed by atoms with Crippen LogP contribution in [-0.4, -0.2) is 19.8 Å². The Morgan fingerprint density at radius 3 is 2.93 bits per heavy atom. The van der Waals surface area contributed by atoms with E-state index in [0.717, 1.165) is 36.9 Å². The Morgan fingerprint density at radius 2 is 2.21 bits per heavy atom. The van der Waals surface area contributed by atoms with Gasteiger partial charge in [0.1, 0.15) is 0 Å². The van der Waals surface area contributed by atoms with Crippen molar-refractivity contribution in [3.63, 3.8) is 0 Å². The van der Waals surface area contributed by atoms with Crippen molar-refractivity contribution in [2.75, 3.05) is 25.1 Å². The third-order valence-corrected chi connectivity index (χ3v) is 1.98. The number of anilines is 1. The van der Waals surface area contributed by atoms with Gasteiger partial charge in [-0.05, 0) is 24.6 Å². The van der Waals surface area contributed by atoms with Crippen LogP contribution in [0.2, 0.25) is 5.02 Å². The van der Waals surface area contributed by atoms with Gasteiger partial charge in [0, 0.05) is 23.9 Å². The highest BCUT2D eigenvalue weighted by Gasteiger charge is 1.92. The van der Waals surface area contributed by atoms with Crippen LogP contribution >= 0.6 is 11.6 Å². The van der Waals surface area contributed by atoms with Crippen molar-refractivity contribution < 1.29 is 4.74 Å². The van der Waals surface area contributed by atoms with Gasteiger partial charge in [-0.1, -0.05) is 24.6 Å². The van der Waals surface area contributed by atoms with E-state index in [9.17, 15) is 0 Å². The summed E-state index contributed by atoms with van der Waals surface area (Å²) >= 11 is 5.84. The molecule has 0 fully saturated rings. The van der Waals surface area contributed by atoms with E-state index in [2.05, 4.69) is 12.2 Å². The van der Waals surface area contributed by atoms with Crippen molar-refractivity contribution in [3.8, 4) is 0 Å². The molecule has 0 aromatic heterocycles. The Bertz CT molecular complexity index is 265. The summed E-state index contributed by atoms with van der Waals surface area (Å²) in [6, 6.07) is 7.69. The quantitative estimate of drug-likeness (QED) is 0.733. The molecule has 0 aliphatic carbocycles. The molecule has 0 saturated heterocycles. The maximum Gasteiger partial charge on any atom is 0.0639 e. The SMILES string of the molecule is CCCOCCNc1cccc(Cl)c1. The Balaban J connectivity index is 2.18. The van der Waals surface area contributed by atoms with E-state index in [0.29, 0.717) is 0 Å². The van der Waals surface area contributed by atoms with E-state index < -0.39 is 0 Å². The molecule has 0 heterocycles. The summed E-state index contributed by atoms with van der Waals surface area (Å²) in [7, 11) is 0. The molecule has 1 aromatic carbocycles. The first-order chi connectivity index (χ1) is 6.83. The molecule has 0 spiro atoms. The van der Waals surface area contributed by atoms with Crippen LogP contribution in [0.5, 0.6) is 0 Å². The van der Waals surface area contributed by atoms with Gasteiger partial charge in [0.2, 0.25) is 0 Å². The number of benzene rings is 1. The predicted octanol–water partition coefficient (Wildman–Crippen LogP) is 3.18. The lowest BCUT2D eigenvalue weighted by Gasteiger charge is -2.06. The zero-order valence-corrected chi connectivity index (χ0v) is 9.18. The van der Waals surface area contributed by atoms with Gasteiger partial charge in [-0.15, -0.1) is 0 Å². The molecule has 0 aliphatic rings. The van der Waals surface area contributed by atoms with Crippen LogP contribution in [0.15, 0.2) is 24.3 Å². The number of ether oxygens (including phenoxy) is 1. The molecular formula is C11H16ClNO. The second-order valence-electron chi connectivity index (χ2n) is 3.05. The highest BCUT2D eigenvalue weighted by atomic mass is 35.5. The number of hydrogen-bond acceptors (Lipinski definition) is 2. The van der Waals surface area contributed by atoms with Gasteiger partial charge in [0.25, 0.3) is 0 Å². The summed E-state index contributed by atoms with van der Waals surface area (Å²) < 4.78 is 5.34. The molecule has 0 saturated carbocycles. The van der Waals surface area contributed by atoms with Crippen LogP contribution in [0, 0.1) is 0 Å². The van der Waals surface area contributed by atoms with Crippen LogP contribution in [0.25, 0.3) is 0 Å². The maximum atomic E-state index is 5.84. The standard InChI is InChI=1S/C11H16ClNO/c1-2-7-14-8-6-13-11-5-3-4-10(12)9-11/h3-5,9,13H,2,6-8H2,1H3. The van der Waals surface area contributed by atoms with Gasteiger partial charge in [-0.25, -0.2) is 0 Å². The first-order valence-electron chi connectivity index (χ1n) is 4.90. The van der Waals surface area contributed by atoms with Crippen LogP contribution in [-0.2, 0) is 4.74 Å². The third-order valence-electron chi connectivity index (χ3n) is 1.75. The molecule has 1 rings (SSSR count). The van der Waals surface area contributed by atoms with Crippen LogP contribution < -0.4 is 5.32 Å². The molecule has 1 aromatic rings. The zero-order valence-electron chi connectivity index (χ0n) is 8.42. The minimum absolute atomic E-state index is 0.736. The second kappa shape index (κ2) is 6.68. The molecule has 1 N–H and O–H groups in total. The van der Waals surface area contributed by atoms with Crippen molar-refractivity contribution in [1.29, 1.82) is 0 Å². The Labute approximate surface area is 90.2 Å². The van der Waals surface area contributed by atoms with Gasteiger partial charge in [0.15, 0.2) is 0 Å². The molecular weight excluding hydrogens is 198 g/mol. The van der Waals surface area contributed by atoms with E-state index in [4.69, 9.17) is 16.3 Å². The zero-order chi connectivity index (χ0) is 10.2. The lowest BCUT2D eigenvalue weighted by atomic mass is 10.3. The fourth-order valence-corrected chi connectivity index (χ4v) is 1.30. The fourth-order valence-electron chi connectivity index (χ4n) is 1.11. The van der Waals surface area contributed by atoms with Crippen LogP contribution in [0.3, 0.4) is 0 Å². The number of halogens is 1. The molecule has 3 heteroatoms. The van der Waals surface area contributed by atoms with Crippen molar-refractivity contribution in [2.24, 2.45) is 0 Å². The van der Waals surface area contributed by atoms with Gasteiger partial charge >= 0.3 is 0 Å². The van der Waals surface area contributed by atoms with E-state index in [1.807, 2.05) is 24.3 Å². The molecule has 2 nitrogen and oxygen atoms in total. The van der Waals surface area contributed by atoms with Crippen molar-refractivity contribution in [1.82, 2.24) is 0 Å². The van der Waals surface area contributed by atoms with Gasteiger partial charge in [-0.3, -0.25) is 0 Å². The highest BCUT2D eigenvalue weighted by molar-refractivity contribution is 6.30. The van der Waals surface area contributed by atoms with Gasteiger partial charge in [0.05, 0.1) is 6.61 Å². The Kier molecular flexibility index (Phi) is 5.42. The molecule has 0 radical (unpaired) electrons. The number of hydrogen-bond donors (Lipinski definition) is 1. The van der Waals surface area contributed by atoms with Gasteiger partial charge < -0.3 is 10.1 Å². The van der Waals surface area contributed by atoms with E-state index in [1.165, 1.54) is 0 Å². The average molecular weight is 214 g/mol. The Hall–Kier alpha value is -0.730. The second-order valence-corrected chi connectivity index (χ2v) is 3.49. The van der Waals surface area contributed by atoms with E-state index in [-0.39, 0.29) is 0 Å². The smallest absolute Gasteiger partial charge is 0.0639 e. The summed E-state index contributed by atoms with van der Waals surface area (Å²) in [4.78, 5) is 0. The number of nitrogens with one attached hydrogen (secondary N) is 1. The summed E-state index contributed by atoms with van der Waals surface area (Å²) in [6.45, 7) is 4.49. The minimum atomic E-state index is 0.736. The molecule has 0 unspecified atom stereocenters. The first kappa shape index (κ1) is 11.3. The molecule has 0 atom stereocenters. The number of rotatable bonds is 6. The van der Waals surface area contributed by atoms with Crippen LogP contribution in [0.4, 0.5) is 5.69 Å². The maximum absolute atomic E-state index is 5.84. The van der Waals surface area contributed by atoms with Crippen molar-refractivity contribution >= 4 is 17.3 Å². The monoisotopic (exact) mass is 213 g/mol. The highest BCUT2D eigenvalue weighted by Crippen LogP contribution is 2.14. The lowest BCUT2D eigenvalue weighted by Crippen LogP contribution is -2.09. The molecule has 14 heavy (non-hydrogen) atoms. The summed E-state index contributed by atoms with van der Waals surface area (Å²) in [5.41, 5.74) is 1.04. The van der Waals surface area contributed by atoms with E-state index >= 15 is 0 Å². The minimum Gasteiger partial charge on any atom is -0.383 e. The van der Waals surface area contributed by atoms with Crippen molar-refractivity contribution in [2.45, 2.75) is 13.3 Å². The van der Waals surface area contributed by atoms with Crippen molar-refractivity contribution in [3.05, 3.63) is 29.3 Å². The fraction of sp³-hybridized carbons (Fsp3) is 0.455. The lowest BCUT2D eigenvalue weighted by molar-refractivity contribution is 0.144. The summed E-state index contributed by atoms with van der Waals surface area (Å²) in [5.74, 6) is 0. The molecule has 0 aliphatic heterocycles. The topological polar surface area (TPSA) is 21.3 Å². The molecule has 78 valence electrons. The summed E-state index contributed by atoms with van der Waals surface area (Å²) in [5, 5.41) is 3.99. The van der Waals surface area contributed by atoms with Crippen LogP contribution in [0.1, 0.15) is 13.3 Å². The predicted molar refractivity (Wildman–Crippen MR) is 61.1 cm³/mol. The third kappa shape index (κ3) is 4.49. The Morgan fingerprint density at radius 1 is 1.36 bits per heavy atom. The largest absolute Gasteiger partial charge is 0.383 e. The normalized spacial score (nSPS) is 10.1. The van der Waals surface area contributed by atoms with E-state index in [1.54, 1.807) is 0 Å². The average Bonchev–Trinajstić information content (AvgIpc) is 2.18. The molecule has 0 amide bonds. The first-order valence-corrected chi connectivity index (χ1v) is 5.28.